The number of carboxylic acid groups (broad SMARTS) is 1. The first kappa shape index (κ1) is 27.1. The van der Waals surface area contributed by atoms with Gasteiger partial charge in [0.05, 0.1) is 12.1 Å². The van der Waals surface area contributed by atoms with E-state index in [1.807, 2.05) is 34.6 Å². The van der Waals surface area contributed by atoms with Crippen LogP contribution in [-0.2, 0) is 14.4 Å². The Balaban J connectivity index is 3.15. The highest BCUT2D eigenvalue weighted by atomic mass is 16.4. The molecule has 1 rings (SSSR count). The summed E-state index contributed by atoms with van der Waals surface area (Å²) in [6.45, 7) is 16.3. The SMILES string of the molecule is C/C(=C\[C@H](C(C)C)N(C)C(=O)[C@H](NC(=O)C1CCCCN1C(C)C)C(C)(C)C)C(=O)O. The highest BCUT2D eigenvalue weighted by Crippen LogP contribution is 2.25. The topological polar surface area (TPSA) is 90.0 Å². The van der Waals surface area contributed by atoms with Crippen molar-refractivity contribution in [3.8, 4) is 0 Å². The maximum atomic E-state index is 13.5. The van der Waals surface area contributed by atoms with E-state index in [4.69, 9.17) is 0 Å². The summed E-state index contributed by atoms with van der Waals surface area (Å²) in [4.78, 5) is 41.9. The van der Waals surface area contributed by atoms with Gasteiger partial charge >= 0.3 is 5.97 Å². The monoisotopic (exact) mass is 437 g/mol. The maximum Gasteiger partial charge on any atom is 0.331 e. The molecule has 1 unspecified atom stereocenters. The van der Waals surface area contributed by atoms with E-state index in [1.54, 1.807) is 18.0 Å². The zero-order chi connectivity index (χ0) is 24.1. The first-order chi connectivity index (χ1) is 14.2. The van der Waals surface area contributed by atoms with Gasteiger partial charge in [-0.2, -0.15) is 0 Å². The van der Waals surface area contributed by atoms with Crippen LogP contribution in [0.25, 0.3) is 0 Å². The van der Waals surface area contributed by atoms with Crippen molar-refractivity contribution in [3.05, 3.63) is 11.6 Å². The Hall–Kier alpha value is -1.89. The standard InChI is InChI=1S/C24H43N3O4/c1-15(2)19(14-17(5)23(30)31)26(9)22(29)20(24(6,7)8)25-21(28)18-12-10-11-13-27(18)16(3)4/h14-16,18-20H,10-13H2,1-9H3,(H,25,28)(H,30,31)/b17-14+/t18?,19-,20+/m1/s1. The van der Waals surface area contributed by atoms with Crippen LogP contribution in [0, 0.1) is 11.3 Å². The molecule has 1 saturated heterocycles. The smallest absolute Gasteiger partial charge is 0.331 e. The van der Waals surface area contributed by atoms with E-state index in [2.05, 4.69) is 24.1 Å². The van der Waals surface area contributed by atoms with Crippen molar-refractivity contribution in [2.45, 2.75) is 98.8 Å². The molecule has 1 heterocycles. The molecule has 0 aromatic heterocycles. The summed E-state index contributed by atoms with van der Waals surface area (Å²) >= 11 is 0. The maximum absolute atomic E-state index is 13.5. The van der Waals surface area contributed by atoms with Crippen molar-refractivity contribution in [2.24, 2.45) is 11.3 Å². The van der Waals surface area contributed by atoms with Gasteiger partial charge in [-0.15, -0.1) is 0 Å². The van der Waals surface area contributed by atoms with Crippen LogP contribution in [0.3, 0.4) is 0 Å². The van der Waals surface area contributed by atoms with Crippen molar-refractivity contribution in [2.75, 3.05) is 13.6 Å². The average molecular weight is 438 g/mol. The predicted molar refractivity (Wildman–Crippen MR) is 124 cm³/mol. The highest BCUT2D eigenvalue weighted by Gasteiger charge is 2.39. The molecule has 2 amide bonds. The lowest BCUT2D eigenvalue weighted by Gasteiger charge is -2.41. The van der Waals surface area contributed by atoms with Gasteiger partial charge in [0, 0.05) is 18.7 Å². The second-order valence-electron chi connectivity index (χ2n) is 10.5. The lowest BCUT2D eigenvalue weighted by molar-refractivity contribution is -0.142. The van der Waals surface area contributed by atoms with E-state index in [0.717, 1.165) is 25.8 Å². The second kappa shape index (κ2) is 11.1. The Kier molecular flexibility index (Phi) is 9.73. The molecule has 0 saturated carbocycles. The van der Waals surface area contributed by atoms with Gasteiger partial charge in [0.1, 0.15) is 6.04 Å². The van der Waals surface area contributed by atoms with E-state index in [1.165, 1.54) is 6.92 Å². The molecule has 0 bridgehead atoms. The summed E-state index contributed by atoms with van der Waals surface area (Å²) in [5.41, 5.74) is -0.296. The number of rotatable bonds is 8. The second-order valence-corrected chi connectivity index (χ2v) is 10.5. The van der Waals surface area contributed by atoms with Crippen LogP contribution in [0.15, 0.2) is 11.6 Å². The first-order valence-corrected chi connectivity index (χ1v) is 11.4. The Morgan fingerprint density at radius 3 is 2.16 bits per heavy atom. The average Bonchev–Trinajstić information content (AvgIpc) is 2.67. The van der Waals surface area contributed by atoms with Crippen LogP contribution in [-0.4, -0.2) is 70.4 Å². The molecule has 1 aliphatic heterocycles. The van der Waals surface area contributed by atoms with Crippen LogP contribution in [0.1, 0.15) is 74.7 Å². The van der Waals surface area contributed by atoms with E-state index < -0.39 is 17.4 Å². The van der Waals surface area contributed by atoms with E-state index >= 15 is 0 Å². The zero-order valence-corrected chi connectivity index (χ0v) is 20.9. The summed E-state index contributed by atoms with van der Waals surface area (Å²) < 4.78 is 0. The third kappa shape index (κ3) is 7.34. The Bertz CT molecular complexity index is 679. The number of carbonyl (C=O) groups is 3. The number of hydrogen-bond donors (Lipinski definition) is 2. The van der Waals surface area contributed by atoms with Gasteiger partial charge in [-0.05, 0) is 51.5 Å². The summed E-state index contributed by atoms with van der Waals surface area (Å²) in [5, 5.41) is 12.3. The van der Waals surface area contributed by atoms with Crippen molar-refractivity contribution >= 4 is 17.8 Å². The predicted octanol–water partition coefficient (Wildman–Crippen LogP) is 3.29. The molecule has 0 radical (unpaired) electrons. The van der Waals surface area contributed by atoms with Gasteiger partial charge < -0.3 is 15.3 Å². The van der Waals surface area contributed by atoms with Gasteiger partial charge in [0.2, 0.25) is 11.8 Å². The molecular formula is C24H43N3O4. The third-order valence-corrected chi connectivity index (χ3v) is 6.15. The number of likely N-dealkylation sites (N-methyl/N-ethyl adjacent to an activating group) is 1. The fourth-order valence-electron chi connectivity index (χ4n) is 4.17. The molecule has 178 valence electrons. The third-order valence-electron chi connectivity index (χ3n) is 6.15. The molecule has 31 heavy (non-hydrogen) atoms. The minimum atomic E-state index is -1.00. The molecule has 0 aliphatic carbocycles. The Labute approximate surface area is 188 Å². The van der Waals surface area contributed by atoms with Crippen LogP contribution in [0.2, 0.25) is 0 Å². The molecule has 1 fully saturated rings. The van der Waals surface area contributed by atoms with Crippen LogP contribution < -0.4 is 5.32 Å². The number of aliphatic carboxylic acids is 1. The Morgan fingerprint density at radius 1 is 1.13 bits per heavy atom. The number of piperidine rings is 1. The largest absolute Gasteiger partial charge is 0.478 e. The van der Waals surface area contributed by atoms with E-state index in [0.29, 0.717) is 0 Å². The molecule has 3 atom stereocenters. The molecule has 2 N–H and O–H groups in total. The van der Waals surface area contributed by atoms with Crippen molar-refractivity contribution < 1.29 is 19.5 Å². The lowest BCUT2D eigenvalue weighted by atomic mass is 9.84. The molecule has 1 aliphatic rings. The van der Waals surface area contributed by atoms with Gasteiger partial charge in [0.25, 0.3) is 0 Å². The number of nitrogens with one attached hydrogen (secondary N) is 1. The van der Waals surface area contributed by atoms with Gasteiger partial charge in [0.15, 0.2) is 0 Å². The minimum absolute atomic E-state index is 0.0225. The number of carboxylic acids is 1. The van der Waals surface area contributed by atoms with Crippen LogP contribution in [0.5, 0.6) is 0 Å². The van der Waals surface area contributed by atoms with Gasteiger partial charge in [-0.25, -0.2) is 4.79 Å². The molecule has 0 aromatic carbocycles. The van der Waals surface area contributed by atoms with Gasteiger partial charge in [-0.1, -0.05) is 47.1 Å². The molecular weight excluding hydrogens is 394 g/mol. The van der Waals surface area contributed by atoms with Crippen molar-refractivity contribution in [1.29, 1.82) is 0 Å². The molecule has 7 heteroatoms. The number of carbonyl (C=O) groups excluding carboxylic acids is 2. The highest BCUT2D eigenvalue weighted by molar-refractivity contribution is 5.91. The number of amides is 2. The summed E-state index contributed by atoms with van der Waals surface area (Å²) in [6.07, 6.45) is 4.50. The summed E-state index contributed by atoms with van der Waals surface area (Å²) in [5.74, 6) is -1.29. The Morgan fingerprint density at radius 2 is 1.71 bits per heavy atom. The fourth-order valence-corrected chi connectivity index (χ4v) is 4.17. The lowest BCUT2D eigenvalue weighted by Crippen LogP contribution is -2.60. The van der Waals surface area contributed by atoms with E-state index in [-0.39, 0.29) is 41.4 Å². The molecule has 0 spiro atoms. The molecule has 7 nitrogen and oxygen atoms in total. The van der Waals surface area contributed by atoms with Crippen molar-refractivity contribution in [3.63, 3.8) is 0 Å². The van der Waals surface area contributed by atoms with Gasteiger partial charge in [-0.3, -0.25) is 14.5 Å². The summed E-state index contributed by atoms with van der Waals surface area (Å²) in [6, 6.07) is -1.06. The number of likely N-dealkylation sites (tertiary alicyclic amines) is 1. The van der Waals surface area contributed by atoms with Crippen LogP contribution >= 0.6 is 0 Å². The summed E-state index contributed by atoms with van der Waals surface area (Å²) in [7, 11) is 1.69. The normalized spacial score (nSPS) is 20.5. The molecule has 0 aromatic rings. The fraction of sp³-hybridized carbons (Fsp3) is 0.792. The number of hydrogen-bond acceptors (Lipinski definition) is 4. The van der Waals surface area contributed by atoms with Crippen LogP contribution in [0.4, 0.5) is 0 Å². The number of nitrogens with zero attached hydrogens (tertiary/aromatic N) is 2. The quantitative estimate of drug-likeness (QED) is 0.569. The minimum Gasteiger partial charge on any atom is -0.478 e. The zero-order valence-electron chi connectivity index (χ0n) is 20.9. The van der Waals surface area contributed by atoms with E-state index in [9.17, 15) is 19.5 Å². The van der Waals surface area contributed by atoms with Crippen molar-refractivity contribution in [1.82, 2.24) is 15.1 Å². The first-order valence-electron chi connectivity index (χ1n) is 11.4.